The number of nitrogens with zero attached hydrogens (tertiary/aromatic N) is 2. The van der Waals surface area contributed by atoms with Crippen LogP contribution in [0.15, 0.2) is 29.5 Å². The Balaban J connectivity index is 2.83. The average molecular weight is 252 g/mol. The van der Waals surface area contributed by atoms with Gasteiger partial charge in [-0.1, -0.05) is 6.58 Å². The molecule has 5 heteroatoms. The Labute approximate surface area is 110 Å². The van der Waals surface area contributed by atoms with Gasteiger partial charge in [0.2, 0.25) is 0 Å². The highest BCUT2D eigenvalue weighted by atomic mass is 16.5. The molecule has 0 saturated carbocycles. The van der Waals surface area contributed by atoms with Gasteiger partial charge in [-0.25, -0.2) is 5.43 Å². The van der Waals surface area contributed by atoms with Crippen molar-refractivity contribution in [1.82, 2.24) is 15.8 Å². The van der Waals surface area contributed by atoms with E-state index in [4.69, 9.17) is 4.74 Å². The van der Waals surface area contributed by atoms with Crippen LogP contribution < -0.4 is 10.9 Å². The zero-order valence-electron chi connectivity index (χ0n) is 11.6. The molecule has 2 N–H and O–H groups in total. The number of allylic oxidation sites excluding steroid dienone is 2. The molecule has 0 aromatic heterocycles. The second kappa shape index (κ2) is 7.89. The fourth-order valence-corrected chi connectivity index (χ4v) is 1.73. The van der Waals surface area contributed by atoms with Crippen LogP contribution >= 0.6 is 0 Å². The summed E-state index contributed by atoms with van der Waals surface area (Å²) >= 11 is 0. The molecule has 1 fully saturated rings. The van der Waals surface area contributed by atoms with Crippen LogP contribution in [0.5, 0.6) is 0 Å². The highest BCUT2D eigenvalue weighted by Crippen LogP contribution is 2.05. The molecule has 1 aliphatic rings. The van der Waals surface area contributed by atoms with Gasteiger partial charge in [-0.3, -0.25) is 4.99 Å². The first kappa shape index (κ1) is 14.7. The molecule has 0 atom stereocenters. The summed E-state index contributed by atoms with van der Waals surface area (Å²) in [5, 5.41) is 0. The van der Waals surface area contributed by atoms with Gasteiger partial charge < -0.3 is 15.1 Å². The molecular formula is C13H24N4O. The minimum atomic E-state index is 0.259. The van der Waals surface area contributed by atoms with Crippen molar-refractivity contribution in [2.45, 2.75) is 19.9 Å². The molecule has 1 aliphatic heterocycles. The van der Waals surface area contributed by atoms with Crippen molar-refractivity contribution < 1.29 is 4.74 Å². The Morgan fingerprint density at radius 3 is 2.56 bits per heavy atom. The summed E-state index contributed by atoms with van der Waals surface area (Å²) in [6, 6.07) is 0.259. The van der Waals surface area contributed by atoms with Crippen molar-refractivity contribution in [2.75, 3.05) is 33.4 Å². The molecule has 5 nitrogen and oxygen atoms in total. The summed E-state index contributed by atoms with van der Waals surface area (Å²) < 4.78 is 5.36. The van der Waals surface area contributed by atoms with Crippen molar-refractivity contribution in [3.63, 3.8) is 0 Å². The third kappa shape index (κ3) is 4.89. The molecular weight excluding hydrogens is 228 g/mol. The van der Waals surface area contributed by atoms with E-state index in [9.17, 15) is 0 Å². The second-order valence-corrected chi connectivity index (χ2v) is 4.36. The molecule has 0 aliphatic carbocycles. The first-order valence-corrected chi connectivity index (χ1v) is 6.34. The van der Waals surface area contributed by atoms with Crippen LogP contribution in [0, 0.1) is 0 Å². The maximum absolute atomic E-state index is 5.36. The van der Waals surface area contributed by atoms with Gasteiger partial charge in [0.25, 0.3) is 0 Å². The standard InChI is InChI=1S/C13H24N4O/c1-5-12(15-11(2)3)10-13(16-14-4)17-6-8-18-9-7-17/h5,10-11,14,16H,1,6-9H2,2-4H3/b13-10+,15-12-. The minimum Gasteiger partial charge on any atom is -0.378 e. The van der Waals surface area contributed by atoms with E-state index in [2.05, 4.69) is 41.2 Å². The van der Waals surface area contributed by atoms with E-state index < -0.39 is 0 Å². The van der Waals surface area contributed by atoms with Crippen LogP contribution in [0.1, 0.15) is 13.8 Å². The molecule has 1 saturated heterocycles. The minimum absolute atomic E-state index is 0.259. The molecule has 18 heavy (non-hydrogen) atoms. The lowest BCUT2D eigenvalue weighted by Crippen LogP contribution is -2.43. The van der Waals surface area contributed by atoms with Crippen LogP contribution in [-0.4, -0.2) is 50.0 Å². The van der Waals surface area contributed by atoms with Crippen LogP contribution in [0.25, 0.3) is 0 Å². The number of nitrogens with one attached hydrogen (secondary N) is 2. The number of ether oxygens (including phenoxy) is 1. The number of aliphatic imine (C=N–C) groups is 1. The van der Waals surface area contributed by atoms with Crippen molar-refractivity contribution in [1.29, 1.82) is 0 Å². The Bertz CT molecular complexity index is 317. The van der Waals surface area contributed by atoms with Crippen LogP contribution in [-0.2, 0) is 4.74 Å². The van der Waals surface area contributed by atoms with Crippen molar-refractivity contribution >= 4 is 5.71 Å². The Kier molecular flexibility index (Phi) is 6.46. The topological polar surface area (TPSA) is 48.9 Å². The van der Waals surface area contributed by atoms with Gasteiger partial charge in [0.15, 0.2) is 0 Å². The number of hydrogen-bond acceptors (Lipinski definition) is 5. The summed E-state index contributed by atoms with van der Waals surface area (Å²) in [5.41, 5.74) is 6.98. The summed E-state index contributed by atoms with van der Waals surface area (Å²) in [5.74, 6) is 1.00. The molecule has 0 bridgehead atoms. The third-order valence-corrected chi connectivity index (χ3v) is 2.51. The van der Waals surface area contributed by atoms with Gasteiger partial charge in [-0.2, -0.15) is 0 Å². The largest absolute Gasteiger partial charge is 0.378 e. The molecule has 0 spiro atoms. The normalized spacial score (nSPS) is 18.1. The van der Waals surface area contributed by atoms with E-state index in [1.165, 1.54) is 0 Å². The van der Waals surface area contributed by atoms with Gasteiger partial charge in [0.1, 0.15) is 5.82 Å². The molecule has 0 radical (unpaired) electrons. The first-order valence-electron chi connectivity index (χ1n) is 6.34. The molecule has 102 valence electrons. The zero-order chi connectivity index (χ0) is 13.4. The lowest BCUT2D eigenvalue weighted by atomic mass is 10.3. The SMILES string of the molecule is C=CC(/C=C(\NNC)N1CCOCC1)=N/C(C)C. The summed E-state index contributed by atoms with van der Waals surface area (Å²) in [6.45, 7) is 11.2. The Hall–Kier alpha value is -1.33. The maximum atomic E-state index is 5.36. The van der Waals surface area contributed by atoms with E-state index in [-0.39, 0.29) is 6.04 Å². The fourth-order valence-electron chi connectivity index (χ4n) is 1.73. The summed E-state index contributed by atoms with van der Waals surface area (Å²) in [6.07, 6.45) is 3.78. The number of rotatable bonds is 6. The van der Waals surface area contributed by atoms with E-state index in [0.717, 1.165) is 37.8 Å². The number of hydrogen-bond donors (Lipinski definition) is 2. The zero-order valence-corrected chi connectivity index (χ0v) is 11.6. The molecule has 0 aromatic rings. The number of hydrazine groups is 1. The van der Waals surface area contributed by atoms with Gasteiger partial charge in [0.05, 0.1) is 18.9 Å². The third-order valence-electron chi connectivity index (χ3n) is 2.51. The first-order chi connectivity index (χ1) is 8.67. The highest BCUT2D eigenvalue weighted by molar-refractivity contribution is 6.04. The van der Waals surface area contributed by atoms with E-state index in [1.807, 2.05) is 13.1 Å². The molecule has 1 rings (SSSR count). The smallest absolute Gasteiger partial charge is 0.118 e. The highest BCUT2D eigenvalue weighted by Gasteiger charge is 2.13. The van der Waals surface area contributed by atoms with Gasteiger partial charge in [-0.05, 0) is 19.9 Å². The maximum Gasteiger partial charge on any atom is 0.118 e. The van der Waals surface area contributed by atoms with Crippen LogP contribution in [0.2, 0.25) is 0 Å². The van der Waals surface area contributed by atoms with Gasteiger partial charge in [-0.15, -0.1) is 0 Å². The van der Waals surface area contributed by atoms with Gasteiger partial charge >= 0.3 is 0 Å². The Morgan fingerprint density at radius 2 is 2.06 bits per heavy atom. The van der Waals surface area contributed by atoms with Crippen molar-refractivity contribution in [2.24, 2.45) is 4.99 Å². The molecule has 0 aromatic carbocycles. The van der Waals surface area contributed by atoms with Crippen molar-refractivity contribution in [3.8, 4) is 0 Å². The monoisotopic (exact) mass is 252 g/mol. The predicted octanol–water partition coefficient (Wildman–Crippen LogP) is 0.919. The second-order valence-electron chi connectivity index (χ2n) is 4.36. The summed E-state index contributed by atoms with van der Waals surface area (Å²) in [7, 11) is 1.85. The van der Waals surface area contributed by atoms with Crippen molar-refractivity contribution in [3.05, 3.63) is 24.6 Å². The van der Waals surface area contributed by atoms with Crippen LogP contribution in [0.4, 0.5) is 0 Å². The van der Waals surface area contributed by atoms with E-state index in [1.54, 1.807) is 6.08 Å². The fraction of sp³-hybridized carbons (Fsp3) is 0.615. The van der Waals surface area contributed by atoms with Gasteiger partial charge in [0, 0.05) is 32.3 Å². The summed E-state index contributed by atoms with van der Waals surface area (Å²) in [4.78, 5) is 6.74. The molecule has 1 heterocycles. The Morgan fingerprint density at radius 1 is 1.39 bits per heavy atom. The molecule has 0 amide bonds. The lowest BCUT2D eigenvalue weighted by Gasteiger charge is -2.31. The van der Waals surface area contributed by atoms with E-state index >= 15 is 0 Å². The van der Waals surface area contributed by atoms with Crippen LogP contribution in [0.3, 0.4) is 0 Å². The quantitative estimate of drug-likeness (QED) is 0.545. The number of morpholine rings is 1. The van der Waals surface area contributed by atoms with E-state index in [0.29, 0.717) is 0 Å². The average Bonchev–Trinajstić information content (AvgIpc) is 2.37. The predicted molar refractivity (Wildman–Crippen MR) is 75.4 cm³/mol. The molecule has 0 unspecified atom stereocenters. The lowest BCUT2D eigenvalue weighted by molar-refractivity contribution is 0.0495.